The maximum absolute atomic E-state index is 12.4. The van der Waals surface area contributed by atoms with E-state index in [9.17, 15) is 9.59 Å². The molecule has 2 amide bonds. The van der Waals surface area contributed by atoms with Crippen molar-refractivity contribution in [2.75, 3.05) is 4.90 Å². The lowest BCUT2D eigenvalue weighted by Crippen LogP contribution is -2.30. The summed E-state index contributed by atoms with van der Waals surface area (Å²) < 4.78 is 0. The third kappa shape index (κ3) is 1.80. The van der Waals surface area contributed by atoms with Gasteiger partial charge in [0.2, 0.25) is 0 Å². The standard InChI is InChI=1S/C13H5Cl3N2O2/c14-7-5-6-9(11(16)10(7)15)13(20)18(12(6)19)8-3-1-2-4-17-8/h1-5H. The van der Waals surface area contributed by atoms with Crippen molar-refractivity contribution in [1.82, 2.24) is 4.98 Å². The van der Waals surface area contributed by atoms with E-state index in [1.54, 1.807) is 18.2 Å². The minimum absolute atomic E-state index is 0.0223. The molecule has 0 bridgehead atoms. The van der Waals surface area contributed by atoms with Crippen LogP contribution in [0.1, 0.15) is 20.7 Å². The van der Waals surface area contributed by atoms with Crippen molar-refractivity contribution in [3.63, 3.8) is 0 Å². The molecule has 1 aromatic heterocycles. The van der Waals surface area contributed by atoms with Crippen LogP contribution in [0.4, 0.5) is 5.82 Å². The molecule has 0 spiro atoms. The second-order valence-electron chi connectivity index (χ2n) is 4.04. The van der Waals surface area contributed by atoms with E-state index in [0.717, 1.165) is 4.90 Å². The Morgan fingerprint density at radius 3 is 2.40 bits per heavy atom. The maximum Gasteiger partial charge on any atom is 0.268 e. The van der Waals surface area contributed by atoms with Gasteiger partial charge in [-0.15, -0.1) is 0 Å². The second kappa shape index (κ2) is 4.74. The molecule has 0 atom stereocenters. The number of halogens is 3. The topological polar surface area (TPSA) is 50.3 Å². The number of pyridine rings is 1. The summed E-state index contributed by atoms with van der Waals surface area (Å²) in [5.74, 6) is -0.863. The highest BCUT2D eigenvalue weighted by Crippen LogP contribution is 2.40. The van der Waals surface area contributed by atoms with Gasteiger partial charge in [0.1, 0.15) is 5.82 Å². The van der Waals surface area contributed by atoms with Crippen LogP contribution < -0.4 is 4.90 Å². The molecule has 1 aliphatic heterocycles. The van der Waals surface area contributed by atoms with E-state index in [-0.39, 0.29) is 32.0 Å². The van der Waals surface area contributed by atoms with Crippen molar-refractivity contribution >= 4 is 52.4 Å². The van der Waals surface area contributed by atoms with Gasteiger partial charge in [0.05, 0.1) is 26.2 Å². The van der Waals surface area contributed by atoms with Crippen LogP contribution in [0.2, 0.25) is 15.1 Å². The molecule has 2 aromatic rings. The van der Waals surface area contributed by atoms with E-state index in [1.165, 1.54) is 12.3 Å². The quantitative estimate of drug-likeness (QED) is 0.590. The molecule has 100 valence electrons. The fourth-order valence-corrected chi connectivity index (χ4v) is 2.68. The Bertz CT molecular complexity index is 747. The fourth-order valence-electron chi connectivity index (χ4n) is 1.99. The monoisotopic (exact) mass is 326 g/mol. The maximum atomic E-state index is 12.4. The molecule has 0 saturated carbocycles. The number of nitrogens with zero attached hydrogens (tertiary/aromatic N) is 2. The van der Waals surface area contributed by atoms with Crippen molar-refractivity contribution < 1.29 is 9.59 Å². The summed E-state index contributed by atoms with van der Waals surface area (Å²) in [4.78, 5) is 29.6. The summed E-state index contributed by atoms with van der Waals surface area (Å²) in [5.41, 5.74) is 0.178. The Morgan fingerprint density at radius 1 is 1.00 bits per heavy atom. The molecule has 0 fully saturated rings. The highest BCUT2D eigenvalue weighted by molar-refractivity contribution is 6.51. The summed E-state index contributed by atoms with van der Waals surface area (Å²) in [6, 6.07) is 6.25. The van der Waals surface area contributed by atoms with E-state index >= 15 is 0 Å². The zero-order chi connectivity index (χ0) is 14.4. The average Bonchev–Trinajstić information content (AvgIpc) is 2.69. The number of hydrogen-bond acceptors (Lipinski definition) is 3. The van der Waals surface area contributed by atoms with Crippen LogP contribution in [-0.4, -0.2) is 16.8 Å². The van der Waals surface area contributed by atoms with Crippen LogP contribution >= 0.6 is 34.8 Å². The van der Waals surface area contributed by atoms with Crippen LogP contribution in [0, 0.1) is 0 Å². The number of anilines is 1. The van der Waals surface area contributed by atoms with Crippen LogP contribution in [-0.2, 0) is 0 Å². The van der Waals surface area contributed by atoms with E-state index in [4.69, 9.17) is 34.8 Å². The van der Waals surface area contributed by atoms with Crippen molar-refractivity contribution in [3.8, 4) is 0 Å². The first-order valence-electron chi connectivity index (χ1n) is 5.49. The van der Waals surface area contributed by atoms with Gasteiger partial charge in [0.25, 0.3) is 11.8 Å². The number of rotatable bonds is 1. The van der Waals surface area contributed by atoms with E-state index in [2.05, 4.69) is 4.98 Å². The number of carbonyl (C=O) groups excluding carboxylic acids is 2. The largest absolute Gasteiger partial charge is 0.268 e. The molecular formula is C13H5Cl3N2O2. The SMILES string of the molecule is O=C1c2cc(Cl)c(Cl)c(Cl)c2C(=O)N1c1ccccn1. The number of imide groups is 1. The van der Waals surface area contributed by atoms with Crippen molar-refractivity contribution in [2.24, 2.45) is 0 Å². The zero-order valence-corrected chi connectivity index (χ0v) is 12.0. The molecular weight excluding hydrogens is 323 g/mol. The first kappa shape index (κ1) is 13.4. The number of aromatic nitrogens is 1. The van der Waals surface area contributed by atoms with Gasteiger partial charge in [-0.1, -0.05) is 40.9 Å². The van der Waals surface area contributed by atoms with Crippen LogP contribution in [0.15, 0.2) is 30.5 Å². The molecule has 1 aromatic carbocycles. The van der Waals surface area contributed by atoms with Gasteiger partial charge in [-0.25, -0.2) is 9.88 Å². The average molecular weight is 328 g/mol. The lowest BCUT2D eigenvalue weighted by molar-refractivity contribution is 0.0925. The van der Waals surface area contributed by atoms with E-state index < -0.39 is 11.8 Å². The number of amides is 2. The summed E-state index contributed by atoms with van der Waals surface area (Å²) in [6.45, 7) is 0. The first-order valence-corrected chi connectivity index (χ1v) is 6.63. The minimum Gasteiger partial charge on any atom is -0.268 e. The Balaban J connectivity index is 2.21. The predicted molar refractivity (Wildman–Crippen MR) is 76.8 cm³/mol. The highest BCUT2D eigenvalue weighted by atomic mass is 35.5. The van der Waals surface area contributed by atoms with Crippen molar-refractivity contribution in [2.45, 2.75) is 0 Å². The third-order valence-electron chi connectivity index (χ3n) is 2.89. The van der Waals surface area contributed by atoms with E-state index in [1.807, 2.05) is 0 Å². The highest BCUT2D eigenvalue weighted by Gasteiger charge is 2.40. The Morgan fingerprint density at radius 2 is 1.75 bits per heavy atom. The Labute approximate surface area is 128 Å². The number of carbonyl (C=O) groups is 2. The normalized spacial score (nSPS) is 13.8. The molecule has 0 N–H and O–H groups in total. The third-order valence-corrected chi connectivity index (χ3v) is 4.15. The number of fused-ring (bicyclic) bond motifs is 1. The molecule has 3 rings (SSSR count). The summed E-state index contributed by atoms with van der Waals surface area (Å²) in [7, 11) is 0. The molecule has 0 saturated heterocycles. The molecule has 1 aliphatic rings. The van der Waals surface area contributed by atoms with Gasteiger partial charge >= 0.3 is 0 Å². The molecule has 2 heterocycles. The number of hydrogen-bond donors (Lipinski definition) is 0. The zero-order valence-electron chi connectivity index (χ0n) is 9.73. The van der Waals surface area contributed by atoms with Gasteiger partial charge in [-0.05, 0) is 18.2 Å². The van der Waals surface area contributed by atoms with Crippen molar-refractivity contribution in [3.05, 3.63) is 56.7 Å². The molecule has 20 heavy (non-hydrogen) atoms. The molecule has 4 nitrogen and oxygen atoms in total. The molecule has 7 heteroatoms. The molecule has 0 aliphatic carbocycles. The van der Waals surface area contributed by atoms with E-state index in [0.29, 0.717) is 0 Å². The second-order valence-corrected chi connectivity index (χ2v) is 5.21. The summed E-state index contributed by atoms with van der Waals surface area (Å²) in [5, 5.41) is 0.154. The van der Waals surface area contributed by atoms with Gasteiger partial charge in [0, 0.05) is 6.20 Å². The Kier molecular flexibility index (Phi) is 3.17. The fraction of sp³-hybridized carbons (Fsp3) is 0. The Hall–Kier alpha value is -1.62. The van der Waals surface area contributed by atoms with Crippen LogP contribution in [0.25, 0.3) is 0 Å². The van der Waals surface area contributed by atoms with Gasteiger partial charge in [-0.3, -0.25) is 9.59 Å². The number of benzene rings is 1. The van der Waals surface area contributed by atoms with Crippen molar-refractivity contribution in [1.29, 1.82) is 0 Å². The summed E-state index contributed by atoms with van der Waals surface area (Å²) >= 11 is 17.8. The molecule has 0 radical (unpaired) electrons. The van der Waals surface area contributed by atoms with Crippen LogP contribution in [0.3, 0.4) is 0 Å². The lowest BCUT2D eigenvalue weighted by atomic mass is 10.1. The van der Waals surface area contributed by atoms with Gasteiger partial charge < -0.3 is 0 Å². The van der Waals surface area contributed by atoms with Crippen LogP contribution in [0.5, 0.6) is 0 Å². The molecule has 0 unspecified atom stereocenters. The smallest absolute Gasteiger partial charge is 0.268 e. The predicted octanol–water partition coefficient (Wildman–Crippen LogP) is 3.84. The van der Waals surface area contributed by atoms with Gasteiger partial charge in [-0.2, -0.15) is 0 Å². The minimum atomic E-state index is -0.563. The first-order chi connectivity index (χ1) is 9.52. The lowest BCUT2D eigenvalue weighted by Gasteiger charge is -2.11. The summed E-state index contributed by atoms with van der Waals surface area (Å²) in [6.07, 6.45) is 1.49. The van der Waals surface area contributed by atoms with Gasteiger partial charge in [0.15, 0.2) is 0 Å².